The lowest BCUT2D eigenvalue weighted by atomic mass is 10.1. The minimum Gasteiger partial charge on any atom is -0.369 e. The van der Waals surface area contributed by atoms with Gasteiger partial charge in [-0.1, -0.05) is 0 Å². The van der Waals surface area contributed by atoms with Crippen LogP contribution in [0.2, 0.25) is 0 Å². The third-order valence-corrected chi connectivity index (χ3v) is 0.962. The lowest BCUT2D eigenvalue weighted by molar-refractivity contribution is -0.132. The van der Waals surface area contributed by atoms with E-state index in [9.17, 15) is 9.59 Å². The second-order valence-corrected chi connectivity index (χ2v) is 1.63. The third kappa shape index (κ3) is 2.09. The van der Waals surface area contributed by atoms with Gasteiger partial charge < -0.3 is 5.73 Å². The highest BCUT2D eigenvalue weighted by Gasteiger charge is 2.16. The van der Waals surface area contributed by atoms with Crippen molar-refractivity contribution in [2.24, 2.45) is 17.5 Å². The molecule has 0 fully saturated rings. The van der Waals surface area contributed by atoms with Gasteiger partial charge in [-0.15, -0.1) is 0 Å². The van der Waals surface area contributed by atoms with Crippen molar-refractivity contribution in [1.82, 2.24) is 5.43 Å². The summed E-state index contributed by atoms with van der Waals surface area (Å²) in [5.41, 5.74) is 6.56. The fourth-order valence-electron chi connectivity index (χ4n) is 0.254. The molecule has 9 heavy (non-hydrogen) atoms. The summed E-state index contributed by atoms with van der Waals surface area (Å²) in [7, 11) is 0. The molecular formula is C4H9N3O2. The van der Waals surface area contributed by atoms with Crippen LogP contribution in [0.3, 0.4) is 0 Å². The van der Waals surface area contributed by atoms with Gasteiger partial charge in [0.05, 0.1) is 0 Å². The Hall–Kier alpha value is -1.10. The second-order valence-electron chi connectivity index (χ2n) is 1.63. The van der Waals surface area contributed by atoms with Crippen molar-refractivity contribution < 1.29 is 9.59 Å². The average molecular weight is 131 g/mol. The van der Waals surface area contributed by atoms with Gasteiger partial charge in [0.15, 0.2) is 0 Å². The molecule has 0 aromatic rings. The van der Waals surface area contributed by atoms with Gasteiger partial charge in [-0.25, -0.2) is 5.84 Å². The molecule has 0 spiro atoms. The monoisotopic (exact) mass is 131 g/mol. The first-order valence-electron chi connectivity index (χ1n) is 2.39. The number of nitrogens with two attached hydrogens (primary N) is 2. The highest BCUT2D eigenvalue weighted by molar-refractivity contribution is 5.98. The van der Waals surface area contributed by atoms with Crippen molar-refractivity contribution in [1.29, 1.82) is 0 Å². The molecule has 0 aliphatic heterocycles. The van der Waals surface area contributed by atoms with Gasteiger partial charge in [0, 0.05) is 0 Å². The van der Waals surface area contributed by atoms with Crippen molar-refractivity contribution >= 4 is 11.8 Å². The molecule has 0 aromatic carbocycles. The number of nitrogens with one attached hydrogen (secondary N) is 1. The molecule has 1 atom stereocenters. The predicted octanol–water partition coefficient (Wildman–Crippen LogP) is -1.90. The number of primary amides is 1. The van der Waals surface area contributed by atoms with Gasteiger partial charge in [0.2, 0.25) is 11.8 Å². The van der Waals surface area contributed by atoms with Crippen LogP contribution in [0, 0.1) is 5.92 Å². The van der Waals surface area contributed by atoms with E-state index < -0.39 is 17.7 Å². The maximum absolute atomic E-state index is 10.4. The van der Waals surface area contributed by atoms with Gasteiger partial charge in [0.1, 0.15) is 5.92 Å². The summed E-state index contributed by atoms with van der Waals surface area (Å²) < 4.78 is 0. The van der Waals surface area contributed by atoms with E-state index in [1.807, 2.05) is 0 Å². The number of hydrogen-bond acceptors (Lipinski definition) is 3. The summed E-state index contributed by atoms with van der Waals surface area (Å²) in [6.45, 7) is 1.38. The Labute approximate surface area is 52.4 Å². The van der Waals surface area contributed by atoms with Crippen molar-refractivity contribution in [3.8, 4) is 0 Å². The Bertz CT molecular complexity index is 134. The Morgan fingerprint density at radius 3 is 2.11 bits per heavy atom. The number of rotatable bonds is 2. The van der Waals surface area contributed by atoms with Crippen LogP contribution in [-0.4, -0.2) is 11.8 Å². The summed E-state index contributed by atoms with van der Waals surface area (Å²) in [5, 5.41) is 0. The van der Waals surface area contributed by atoms with Gasteiger partial charge in [-0.2, -0.15) is 0 Å². The van der Waals surface area contributed by atoms with Crippen molar-refractivity contribution in [2.45, 2.75) is 6.92 Å². The van der Waals surface area contributed by atoms with E-state index in [0.29, 0.717) is 0 Å². The van der Waals surface area contributed by atoms with Crippen LogP contribution in [0.25, 0.3) is 0 Å². The standard InChI is InChI=1S/C4H9N3O2/c1-2(3(5)8)4(9)7-6/h2H,6H2,1H3,(H2,5,8)(H,7,9). The summed E-state index contributed by atoms with van der Waals surface area (Å²) in [5.74, 6) is 2.60. The smallest absolute Gasteiger partial charge is 0.246 e. The molecular weight excluding hydrogens is 122 g/mol. The third-order valence-electron chi connectivity index (χ3n) is 0.962. The molecule has 5 heteroatoms. The minimum absolute atomic E-state index is 0.567. The van der Waals surface area contributed by atoms with Crippen LogP contribution in [0.15, 0.2) is 0 Å². The number of hydrogen-bond donors (Lipinski definition) is 3. The zero-order valence-corrected chi connectivity index (χ0v) is 5.05. The molecule has 5 nitrogen and oxygen atoms in total. The lowest BCUT2D eigenvalue weighted by Crippen LogP contribution is -2.40. The van der Waals surface area contributed by atoms with Crippen molar-refractivity contribution in [3.63, 3.8) is 0 Å². The number of hydrazine groups is 1. The van der Waals surface area contributed by atoms with Gasteiger partial charge in [0.25, 0.3) is 0 Å². The fraction of sp³-hybridized carbons (Fsp3) is 0.500. The first-order valence-corrected chi connectivity index (χ1v) is 2.39. The van der Waals surface area contributed by atoms with Crippen molar-refractivity contribution in [3.05, 3.63) is 0 Å². The highest BCUT2D eigenvalue weighted by atomic mass is 16.2. The molecule has 0 aliphatic rings. The van der Waals surface area contributed by atoms with Crippen LogP contribution in [0.5, 0.6) is 0 Å². The zero-order valence-electron chi connectivity index (χ0n) is 5.05. The molecule has 0 saturated carbocycles. The molecule has 0 heterocycles. The van der Waals surface area contributed by atoms with E-state index in [2.05, 4.69) is 0 Å². The van der Waals surface area contributed by atoms with Crippen LogP contribution in [0.4, 0.5) is 0 Å². The molecule has 0 saturated heterocycles. The quantitative estimate of drug-likeness (QED) is 0.176. The van der Waals surface area contributed by atoms with Crippen LogP contribution >= 0.6 is 0 Å². The summed E-state index contributed by atoms with van der Waals surface area (Å²) >= 11 is 0. The molecule has 52 valence electrons. The second kappa shape index (κ2) is 3.03. The molecule has 5 N–H and O–H groups in total. The number of amides is 2. The molecule has 0 bridgehead atoms. The summed E-state index contributed by atoms with van der Waals surface area (Å²) in [6, 6.07) is 0. The topological polar surface area (TPSA) is 98.2 Å². The van der Waals surface area contributed by atoms with Gasteiger partial charge in [-0.3, -0.25) is 15.0 Å². The molecule has 0 rings (SSSR count). The van der Waals surface area contributed by atoms with E-state index in [1.165, 1.54) is 6.92 Å². The summed E-state index contributed by atoms with van der Waals surface area (Å²) in [4.78, 5) is 20.6. The van der Waals surface area contributed by atoms with Gasteiger partial charge in [-0.05, 0) is 6.92 Å². The largest absolute Gasteiger partial charge is 0.369 e. The maximum Gasteiger partial charge on any atom is 0.246 e. The highest BCUT2D eigenvalue weighted by Crippen LogP contribution is 1.89. The predicted molar refractivity (Wildman–Crippen MR) is 30.7 cm³/mol. The van der Waals surface area contributed by atoms with Crippen LogP contribution < -0.4 is 17.0 Å². The fourth-order valence-corrected chi connectivity index (χ4v) is 0.254. The zero-order chi connectivity index (χ0) is 7.44. The number of carbonyl (C=O) groups excluding carboxylic acids is 2. The first-order chi connectivity index (χ1) is 4.09. The summed E-state index contributed by atoms with van der Waals surface area (Å²) in [6.07, 6.45) is 0. The average Bonchev–Trinajstić information content (AvgIpc) is 1.84. The van der Waals surface area contributed by atoms with E-state index >= 15 is 0 Å². The molecule has 1 unspecified atom stereocenters. The Morgan fingerprint density at radius 1 is 1.56 bits per heavy atom. The van der Waals surface area contributed by atoms with E-state index in [0.717, 1.165) is 0 Å². The van der Waals surface area contributed by atoms with E-state index in [-0.39, 0.29) is 0 Å². The molecule has 2 amide bonds. The van der Waals surface area contributed by atoms with E-state index in [1.54, 1.807) is 5.43 Å². The van der Waals surface area contributed by atoms with Crippen LogP contribution in [0.1, 0.15) is 6.92 Å². The Balaban J connectivity index is 3.88. The first kappa shape index (κ1) is 7.90. The number of carbonyl (C=O) groups is 2. The Kier molecular flexibility index (Phi) is 2.66. The Morgan fingerprint density at radius 2 is 2.00 bits per heavy atom. The van der Waals surface area contributed by atoms with E-state index in [4.69, 9.17) is 11.6 Å². The molecule has 0 aromatic heterocycles. The molecule has 0 radical (unpaired) electrons. The lowest BCUT2D eigenvalue weighted by Gasteiger charge is -2.02. The normalized spacial score (nSPS) is 12.2. The van der Waals surface area contributed by atoms with Gasteiger partial charge >= 0.3 is 0 Å². The maximum atomic E-state index is 10.4. The SMILES string of the molecule is CC(C(N)=O)C(=O)NN. The minimum atomic E-state index is -0.852. The molecule has 0 aliphatic carbocycles. The van der Waals surface area contributed by atoms with Crippen LogP contribution in [-0.2, 0) is 9.59 Å². The van der Waals surface area contributed by atoms with Crippen molar-refractivity contribution in [2.75, 3.05) is 0 Å².